The van der Waals surface area contributed by atoms with Gasteiger partial charge in [0.15, 0.2) is 6.61 Å². The third-order valence-electron chi connectivity index (χ3n) is 3.24. The topological polar surface area (TPSA) is 150 Å². The van der Waals surface area contributed by atoms with Gasteiger partial charge >= 0.3 is 5.97 Å². The van der Waals surface area contributed by atoms with Crippen molar-refractivity contribution < 1.29 is 48.1 Å². The number of imide groups is 1. The molecular formula is C17H26N2O10. The Hall–Kier alpha value is -2.38. The van der Waals surface area contributed by atoms with Gasteiger partial charge in [0.25, 0.3) is 11.8 Å². The van der Waals surface area contributed by atoms with E-state index in [4.69, 9.17) is 28.9 Å². The summed E-state index contributed by atoms with van der Waals surface area (Å²) in [6.07, 6.45) is 2.09. The molecule has 0 aromatic heterocycles. The number of aliphatic carboxylic acids is 1. The van der Waals surface area contributed by atoms with Gasteiger partial charge < -0.3 is 29.4 Å². The molecule has 1 rings (SSSR count). The molecule has 1 aliphatic rings. The zero-order valence-corrected chi connectivity index (χ0v) is 16.0. The maximum Gasteiger partial charge on any atom is 0.305 e. The van der Waals surface area contributed by atoms with E-state index < -0.39 is 30.3 Å². The number of carboxylic acids is 1. The lowest BCUT2D eigenvalue weighted by atomic mass is 10.5. The first kappa shape index (κ1) is 24.7. The Morgan fingerprint density at radius 1 is 0.828 bits per heavy atom. The van der Waals surface area contributed by atoms with Crippen LogP contribution in [0, 0.1) is 0 Å². The minimum atomic E-state index is -0.899. The third-order valence-corrected chi connectivity index (χ3v) is 3.24. The van der Waals surface area contributed by atoms with E-state index in [2.05, 4.69) is 5.32 Å². The Morgan fingerprint density at radius 2 is 1.31 bits per heavy atom. The van der Waals surface area contributed by atoms with Gasteiger partial charge in [-0.1, -0.05) is 0 Å². The number of amides is 3. The van der Waals surface area contributed by atoms with Crippen LogP contribution in [0.5, 0.6) is 0 Å². The van der Waals surface area contributed by atoms with Crippen LogP contribution in [0.25, 0.3) is 0 Å². The van der Waals surface area contributed by atoms with Crippen LogP contribution in [-0.2, 0) is 43.0 Å². The Labute approximate surface area is 167 Å². The van der Waals surface area contributed by atoms with Crippen molar-refractivity contribution >= 4 is 23.7 Å². The molecule has 1 heterocycles. The number of carboxylic acid groups (broad SMARTS) is 1. The lowest BCUT2D eigenvalue weighted by Crippen LogP contribution is -2.37. The van der Waals surface area contributed by atoms with Gasteiger partial charge in [0.1, 0.15) is 0 Å². The molecular weight excluding hydrogens is 392 g/mol. The normalized spacial score (nSPS) is 13.3. The largest absolute Gasteiger partial charge is 0.481 e. The van der Waals surface area contributed by atoms with Crippen molar-refractivity contribution in [3.05, 3.63) is 12.2 Å². The van der Waals surface area contributed by atoms with Gasteiger partial charge in [-0.2, -0.15) is 0 Å². The van der Waals surface area contributed by atoms with Crippen LogP contribution < -0.4 is 5.32 Å². The lowest BCUT2D eigenvalue weighted by Gasteiger charge is -2.13. The summed E-state index contributed by atoms with van der Waals surface area (Å²) < 4.78 is 20.8. The molecule has 0 spiro atoms. The highest BCUT2D eigenvalue weighted by molar-refractivity contribution is 6.11. The number of rotatable bonds is 18. The summed E-state index contributed by atoms with van der Waals surface area (Å²) in [6.45, 7) is 2.38. The van der Waals surface area contributed by atoms with E-state index in [9.17, 15) is 19.2 Å². The number of hydroxylamine groups is 2. The van der Waals surface area contributed by atoms with E-state index in [0.29, 0.717) is 44.7 Å². The molecule has 0 radical (unpaired) electrons. The molecule has 29 heavy (non-hydrogen) atoms. The monoisotopic (exact) mass is 418 g/mol. The number of carbonyl (C=O) groups excluding carboxylic acids is 3. The second-order valence-electron chi connectivity index (χ2n) is 5.52. The minimum Gasteiger partial charge on any atom is -0.481 e. The molecule has 0 fully saturated rings. The van der Waals surface area contributed by atoms with Gasteiger partial charge in [0, 0.05) is 18.7 Å². The molecule has 0 aromatic rings. The van der Waals surface area contributed by atoms with Crippen molar-refractivity contribution in [1.29, 1.82) is 0 Å². The predicted molar refractivity (Wildman–Crippen MR) is 95.5 cm³/mol. The summed E-state index contributed by atoms with van der Waals surface area (Å²) in [5.74, 6) is -2.63. The van der Waals surface area contributed by atoms with E-state index in [1.807, 2.05) is 0 Å². The summed E-state index contributed by atoms with van der Waals surface area (Å²) in [6, 6.07) is 0. The molecule has 12 heteroatoms. The average Bonchev–Trinajstić information content (AvgIpc) is 3.00. The molecule has 0 saturated carbocycles. The molecule has 1 aliphatic heterocycles. The molecule has 12 nitrogen and oxygen atoms in total. The number of hydrogen-bond acceptors (Lipinski definition) is 9. The molecule has 0 aromatic carbocycles. The van der Waals surface area contributed by atoms with E-state index in [0.717, 1.165) is 12.2 Å². The van der Waals surface area contributed by atoms with Crippen molar-refractivity contribution in [2.45, 2.75) is 6.42 Å². The van der Waals surface area contributed by atoms with Gasteiger partial charge in [-0.25, -0.2) is 0 Å². The van der Waals surface area contributed by atoms with E-state index in [1.54, 1.807) is 0 Å². The molecule has 0 saturated heterocycles. The number of ether oxygens (including phenoxy) is 4. The van der Waals surface area contributed by atoms with Crippen LogP contribution in [0.4, 0.5) is 0 Å². The first-order valence-corrected chi connectivity index (χ1v) is 8.99. The fourth-order valence-corrected chi connectivity index (χ4v) is 1.87. The highest BCUT2D eigenvalue weighted by atomic mass is 16.7. The van der Waals surface area contributed by atoms with Crippen molar-refractivity contribution in [2.24, 2.45) is 0 Å². The van der Waals surface area contributed by atoms with E-state index in [1.165, 1.54) is 0 Å². The lowest BCUT2D eigenvalue weighted by molar-refractivity contribution is -0.186. The minimum absolute atomic E-state index is 0.0289. The Morgan fingerprint density at radius 3 is 1.83 bits per heavy atom. The Kier molecular flexibility index (Phi) is 13.2. The van der Waals surface area contributed by atoms with Crippen molar-refractivity contribution in [3.8, 4) is 0 Å². The van der Waals surface area contributed by atoms with Crippen LogP contribution in [0.3, 0.4) is 0 Å². The molecule has 0 unspecified atom stereocenters. The molecule has 0 bridgehead atoms. The molecule has 0 atom stereocenters. The number of nitrogens with one attached hydrogen (secondary N) is 1. The summed E-state index contributed by atoms with van der Waals surface area (Å²) in [5.41, 5.74) is 0. The number of hydrogen-bond donors (Lipinski definition) is 2. The Balaban J connectivity index is 1.79. The first-order chi connectivity index (χ1) is 14.0. The van der Waals surface area contributed by atoms with Crippen molar-refractivity contribution in [1.82, 2.24) is 10.4 Å². The maximum atomic E-state index is 11.5. The number of nitrogens with zero attached hydrogens (tertiary/aromatic N) is 1. The van der Waals surface area contributed by atoms with Crippen molar-refractivity contribution in [3.63, 3.8) is 0 Å². The second-order valence-corrected chi connectivity index (χ2v) is 5.52. The highest BCUT2D eigenvalue weighted by Crippen LogP contribution is 2.03. The van der Waals surface area contributed by atoms with Crippen LogP contribution in [0.15, 0.2) is 12.2 Å². The molecule has 0 aliphatic carbocycles. The van der Waals surface area contributed by atoms with E-state index >= 15 is 0 Å². The predicted octanol–water partition coefficient (Wildman–Crippen LogP) is -1.50. The van der Waals surface area contributed by atoms with Gasteiger partial charge in [-0.3, -0.25) is 24.0 Å². The summed E-state index contributed by atoms with van der Waals surface area (Å²) in [5, 5.41) is 11.5. The average molecular weight is 418 g/mol. The van der Waals surface area contributed by atoms with Crippen molar-refractivity contribution in [2.75, 3.05) is 66.0 Å². The van der Waals surface area contributed by atoms with Gasteiger partial charge in [-0.15, -0.1) is 5.06 Å². The quantitative estimate of drug-likeness (QED) is 0.199. The fourth-order valence-electron chi connectivity index (χ4n) is 1.87. The molecule has 3 amide bonds. The van der Waals surface area contributed by atoms with Crippen LogP contribution in [0.1, 0.15) is 6.42 Å². The standard InChI is InChI=1S/C17H26N2O10/c20-14(13-29-19-15(21)1-2-16(19)22)18-4-6-26-8-10-28-12-11-27-9-7-25-5-3-17(23)24/h1-2H,3-13H2,(H,18,20)(H,23,24). The summed E-state index contributed by atoms with van der Waals surface area (Å²) in [4.78, 5) is 49.0. The summed E-state index contributed by atoms with van der Waals surface area (Å²) >= 11 is 0. The SMILES string of the molecule is O=C(O)CCOCCOCCOCCOCCNC(=O)CON1C(=O)C=CC1=O. The van der Waals surface area contributed by atoms with Crippen LogP contribution in [0.2, 0.25) is 0 Å². The smallest absolute Gasteiger partial charge is 0.305 e. The zero-order valence-electron chi connectivity index (χ0n) is 16.0. The fraction of sp³-hybridized carbons (Fsp3) is 0.647. The van der Waals surface area contributed by atoms with Gasteiger partial charge in [-0.05, 0) is 0 Å². The van der Waals surface area contributed by atoms with Gasteiger partial charge in [0.05, 0.1) is 59.3 Å². The maximum absolute atomic E-state index is 11.5. The highest BCUT2D eigenvalue weighted by Gasteiger charge is 2.25. The molecule has 164 valence electrons. The second kappa shape index (κ2) is 15.5. The zero-order chi connectivity index (χ0) is 21.3. The van der Waals surface area contributed by atoms with Crippen LogP contribution >= 0.6 is 0 Å². The summed E-state index contributed by atoms with van der Waals surface area (Å²) in [7, 11) is 0. The van der Waals surface area contributed by atoms with Gasteiger partial charge in [0.2, 0.25) is 5.91 Å². The molecule has 2 N–H and O–H groups in total. The third kappa shape index (κ3) is 12.6. The Bertz CT molecular complexity index is 548. The van der Waals surface area contributed by atoms with E-state index in [-0.39, 0.29) is 26.2 Å². The van der Waals surface area contributed by atoms with Crippen LogP contribution in [-0.4, -0.2) is 99.9 Å². The first-order valence-electron chi connectivity index (χ1n) is 8.99. The number of carbonyl (C=O) groups is 4.